The lowest BCUT2D eigenvalue weighted by molar-refractivity contribution is 0.0911. The number of halogens is 2. The minimum atomic E-state index is -0.216. The Bertz CT molecular complexity index is 478. The van der Waals surface area contributed by atoms with E-state index in [1.807, 2.05) is 0 Å². The zero-order chi connectivity index (χ0) is 15.5. The van der Waals surface area contributed by atoms with E-state index >= 15 is 0 Å². The highest BCUT2D eigenvalue weighted by atomic mass is 35.5. The fraction of sp³-hybridized carbons (Fsp3) is 0.562. The van der Waals surface area contributed by atoms with Gasteiger partial charge in [0.05, 0.1) is 16.1 Å². The molecule has 0 aliphatic rings. The highest BCUT2D eigenvalue weighted by molar-refractivity contribution is 6.42. The van der Waals surface area contributed by atoms with Gasteiger partial charge in [0.25, 0.3) is 0 Å². The van der Waals surface area contributed by atoms with Gasteiger partial charge in [-0.3, -0.25) is 4.79 Å². The number of nitrogens with one attached hydrogen (secondary N) is 1. The Hall–Kier alpha value is -0.570. The van der Waals surface area contributed by atoms with Crippen molar-refractivity contribution in [3.05, 3.63) is 33.8 Å². The molecule has 0 aliphatic heterocycles. The highest BCUT2D eigenvalue weighted by Gasteiger charge is 2.25. The fourth-order valence-corrected chi connectivity index (χ4v) is 2.37. The summed E-state index contributed by atoms with van der Waals surface area (Å²) in [5.74, 6) is 0.494. The van der Waals surface area contributed by atoms with E-state index in [9.17, 15) is 4.79 Å². The average Bonchev–Trinajstić information content (AvgIpc) is 2.28. The summed E-state index contributed by atoms with van der Waals surface area (Å²) in [6, 6.07) is 4.82. The summed E-state index contributed by atoms with van der Waals surface area (Å²) in [5, 5.41) is 4.27. The normalized spacial score (nSPS) is 13.6. The van der Waals surface area contributed by atoms with Crippen LogP contribution in [0.3, 0.4) is 0 Å². The van der Waals surface area contributed by atoms with Crippen molar-refractivity contribution in [1.29, 1.82) is 0 Å². The number of carbonyl (C=O) groups excluding carboxylic acids is 1. The molecule has 112 valence electrons. The Kier molecular flexibility index (Phi) is 6.06. The second-order valence-corrected chi connectivity index (χ2v) is 7.38. The summed E-state index contributed by atoms with van der Waals surface area (Å²) in [6.45, 7) is 10.4. The quantitative estimate of drug-likeness (QED) is 0.776. The zero-order valence-corrected chi connectivity index (χ0v) is 14.3. The van der Waals surface area contributed by atoms with E-state index in [0.29, 0.717) is 21.5 Å². The van der Waals surface area contributed by atoms with E-state index in [2.05, 4.69) is 39.9 Å². The smallest absolute Gasteiger partial charge is 0.179 e. The molecule has 1 rings (SSSR count). The second kappa shape index (κ2) is 6.93. The van der Waals surface area contributed by atoms with Gasteiger partial charge in [0.1, 0.15) is 0 Å². The molecule has 0 amide bonds. The van der Waals surface area contributed by atoms with Gasteiger partial charge >= 0.3 is 0 Å². The first-order chi connectivity index (χ1) is 9.10. The molecule has 1 aromatic carbocycles. The molecule has 0 spiro atoms. The van der Waals surface area contributed by atoms with Gasteiger partial charge in [0.2, 0.25) is 0 Å². The van der Waals surface area contributed by atoms with Gasteiger partial charge in [-0.05, 0) is 51.3 Å². The summed E-state index contributed by atoms with van der Waals surface area (Å²) in [4.78, 5) is 12.7. The summed E-state index contributed by atoms with van der Waals surface area (Å²) >= 11 is 11.9. The van der Waals surface area contributed by atoms with Crippen LogP contribution >= 0.6 is 23.2 Å². The van der Waals surface area contributed by atoms with E-state index in [1.54, 1.807) is 18.2 Å². The summed E-state index contributed by atoms with van der Waals surface area (Å²) in [6.07, 6.45) is 0.788. The third kappa shape index (κ3) is 5.43. The van der Waals surface area contributed by atoms with Crippen molar-refractivity contribution in [2.45, 2.75) is 52.6 Å². The van der Waals surface area contributed by atoms with Gasteiger partial charge in [0.15, 0.2) is 5.78 Å². The summed E-state index contributed by atoms with van der Waals surface area (Å²) < 4.78 is 0. The highest BCUT2D eigenvalue weighted by Crippen LogP contribution is 2.24. The third-order valence-electron chi connectivity index (χ3n) is 2.83. The lowest BCUT2D eigenvalue weighted by Crippen LogP contribution is -2.48. The van der Waals surface area contributed by atoms with Crippen LogP contribution in [0, 0.1) is 5.92 Å². The van der Waals surface area contributed by atoms with E-state index < -0.39 is 0 Å². The van der Waals surface area contributed by atoms with Crippen molar-refractivity contribution in [1.82, 2.24) is 5.32 Å². The van der Waals surface area contributed by atoms with Crippen molar-refractivity contribution in [3.8, 4) is 0 Å². The van der Waals surface area contributed by atoms with Crippen molar-refractivity contribution in [2.75, 3.05) is 0 Å². The molecule has 20 heavy (non-hydrogen) atoms. The number of carbonyl (C=O) groups is 1. The monoisotopic (exact) mass is 315 g/mol. The molecule has 0 saturated heterocycles. The van der Waals surface area contributed by atoms with Crippen LogP contribution < -0.4 is 5.32 Å². The molecule has 4 heteroatoms. The molecular formula is C16H23Cl2NO. The maximum Gasteiger partial charge on any atom is 0.179 e. The van der Waals surface area contributed by atoms with Crippen LogP contribution in [0.4, 0.5) is 0 Å². The predicted octanol–water partition coefficient (Wildman–Crippen LogP) is 4.98. The zero-order valence-electron chi connectivity index (χ0n) is 12.8. The number of ketones is 1. The Balaban J connectivity index is 2.99. The van der Waals surface area contributed by atoms with Crippen molar-refractivity contribution < 1.29 is 4.79 Å². The van der Waals surface area contributed by atoms with Crippen molar-refractivity contribution in [3.63, 3.8) is 0 Å². The largest absolute Gasteiger partial charge is 0.302 e. The Labute approximate surface area is 131 Å². The van der Waals surface area contributed by atoms with E-state index in [4.69, 9.17) is 23.2 Å². The molecule has 0 bridgehead atoms. The molecule has 1 N–H and O–H groups in total. The molecule has 0 heterocycles. The first-order valence-electron chi connectivity index (χ1n) is 6.87. The van der Waals surface area contributed by atoms with Gasteiger partial charge in [-0.15, -0.1) is 0 Å². The predicted molar refractivity (Wildman–Crippen MR) is 86.9 cm³/mol. The number of hydrogen-bond donors (Lipinski definition) is 1. The molecule has 0 saturated carbocycles. The Morgan fingerprint density at radius 1 is 1.20 bits per heavy atom. The molecular weight excluding hydrogens is 293 g/mol. The topological polar surface area (TPSA) is 29.1 Å². The first kappa shape index (κ1) is 17.5. The van der Waals surface area contributed by atoms with Crippen LogP contribution in [0.5, 0.6) is 0 Å². The molecule has 0 aromatic heterocycles. The minimum absolute atomic E-state index is 0.0622. The van der Waals surface area contributed by atoms with Crippen LogP contribution in [0.25, 0.3) is 0 Å². The SMILES string of the molecule is CC(C)CC(NC(C)(C)C)C(=O)c1ccc(Cl)c(Cl)c1. The number of Topliss-reactive ketones (excluding diaryl/α,β-unsaturated/α-hetero) is 1. The van der Waals surface area contributed by atoms with Crippen LogP contribution in [0.1, 0.15) is 51.4 Å². The van der Waals surface area contributed by atoms with Gasteiger partial charge in [-0.1, -0.05) is 37.0 Å². The van der Waals surface area contributed by atoms with Crippen LogP contribution in [0.2, 0.25) is 10.0 Å². The maximum absolute atomic E-state index is 12.7. The Morgan fingerprint density at radius 2 is 1.80 bits per heavy atom. The van der Waals surface area contributed by atoms with Gasteiger partial charge < -0.3 is 5.32 Å². The molecule has 1 atom stereocenters. The third-order valence-corrected chi connectivity index (χ3v) is 3.57. The van der Waals surface area contributed by atoms with E-state index in [0.717, 1.165) is 6.42 Å². The maximum atomic E-state index is 12.7. The number of rotatable bonds is 5. The molecule has 0 fully saturated rings. The van der Waals surface area contributed by atoms with Crippen LogP contribution in [0.15, 0.2) is 18.2 Å². The van der Waals surface area contributed by atoms with Crippen molar-refractivity contribution >= 4 is 29.0 Å². The Morgan fingerprint density at radius 3 is 2.25 bits per heavy atom. The molecule has 2 nitrogen and oxygen atoms in total. The molecule has 1 unspecified atom stereocenters. The molecule has 0 radical (unpaired) electrons. The second-order valence-electron chi connectivity index (χ2n) is 6.57. The lowest BCUT2D eigenvalue weighted by atomic mass is 9.93. The molecule has 0 aliphatic carbocycles. The van der Waals surface area contributed by atoms with E-state index in [-0.39, 0.29) is 17.4 Å². The average molecular weight is 316 g/mol. The van der Waals surface area contributed by atoms with Gasteiger partial charge in [0, 0.05) is 11.1 Å². The summed E-state index contributed by atoms with van der Waals surface area (Å²) in [5.41, 5.74) is 0.479. The van der Waals surface area contributed by atoms with Crippen LogP contribution in [-0.4, -0.2) is 17.4 Å². The van der Waals surface area contributed by atoms with Gasteiger partial charge in [-0.2, -0.15) is 0 Å². The standard InChI is InChI=1S/C16H23Cl2NO/c1-10(2)8-14(19-16(3,4)5)15(20)11-6-7-12(17)13(18)9-11/h6-7,9-10,14,19H,8H2,1-5H3. The van der Waals surface area contributed by atoms with E-state index in [1.165, 1.54) is 0 Å². The fourth-order valence-electron chi connectivity index (χ4n) is 2.08. The van der Waals surface area contributed by atoms with Crippen molar-refractivity contribution in [2.24, 2.45) is 5.92 Å². The first-order valence-corrected chi connectivity index (χ1v) is 7.62. The molecule has 1 aromatic rings. The number of hydrogen-bond acceptors (Lipinski definition) is 2. The minimum Gasteiger partial charge on any atom is -0.302 e. The van der Waals surface area contributed by atoms with Gasteiger partial charge in [-0.25, -0.2) is 0 Å². The lowest BCUT2D eigenvalue weighted by Gasteiger charge is -2.29. The van der Waals surface area contributed by atoms with Crippen LogP contribution in [-0.2, 0) is 0 Å². The summed E-state index contributed by atoms with van der Waals surface area (Å²) in [7, 11) is 0. The number of benzene rings is 1.